The molecule has 0 bridgehead atoms. The molecule has 0 saturated heterocycles. The molecule has 0 aromatic carbocycles. The van der Waals surface area contributed by atoms with Gasteiger partial charge in [-0.3, -0.25) is 14.4 Å². The fourth-order valence-electron chi connectivity index (χ4n) is 1.88. The summed E-state index contributed by atoms with van der Waals surface area (Å²) in [6.07, 6.45) is 1.50. The summed E-state index contributed by atoms with van der Waals surface area (Å²) in [6.45, 7) is 1.62. The van der Waals surface area contributed by atoms with Gasteiger partial charge in [-0.2, -0.15) is 12.6 Å². The summed E-state index contributed by atoms with van der Waals surface area (Å²) in [5.41, 5.74) is 10.6. The van der Waals surface area contributed by atoms with Crippen LogP contribution in [0.25, 0.3) is 0 Å². The van der Waals surface area contributed by atoms with Gasteiger partial charge in [-0.15, -0.1) is 0 Å². The normalized spacial score (nSPS) is 14.1. The third-order valence-corrected chi connectivity index (χ3v) is 3.70. The molecule has 3 unspecified atom stereocenters. The molecular formula is C14H27N5O5S. The van der Waals surface area contributed by atoms with E-state index in [1.807, 2.05) is 0 Å². The average molecular weight is 377 g/mol. The molecule has 3 amide bonds. The maximum atomic E-state index is 12.3. The summed E-state index contributed by atoms with van der Waals surface area (Å²) in [5, 5.41) is 16.2. The number of carboxylic acids is 1. The van der Waals surface area contributed by atoms with Crippen LogP contribution in [0.3, 0.4) is 0 Å². The molecule has 0 fully saturated rings. The van der Waals surface area contributed by atoms with Crippen molar-refractivity contribution in [2.75, 3.05) is 18.8 Å². The Bertz CT molecular complexity index is 477. The van der Waals surface area contributed by atoms with E-state index in [-0.39, 0.29) is 18.7 Å². The average Bonchev–Trinajstić information content (AvgIpc) is 2.57. The Balaban J connectivity index is 4.90. The van der Waals surface area contributed by atoms with Gasteiger partial charge in [-0.25, -0.2) is 4.79 Å². The molecule has 3 atom stereocenters. The molecule has 0 saturated carbocycles. The number of carbonyl (C=O) groups excluding carboxylic acids is 3. The highest BCUT2D eigenvalue weighted by Gasteiger charge is 2.27. The predicted molar refractivity (Wildman–Crippen MR) is 94.9 cm³/mol. The minimum atomic E-state index is -1.22. The molecule has 0 spiro atoms. The van der Waals surface area contributed by atoms with Crippen molar-refractivity contribution in [3.8, 4) is 0 Å². The Hall–Kier alpha value is -1.85. The van der Waals surface area contributed by atoms with Crippen molar-refractivity contribution in [2.45, 2.75) is 44.3 Å². The molecule has 0 aromatic rings. The molecule has 0 radical (unpaired) electrons. The van der Waals surface area contributed by atoms with Gasteiger partial charge >= 0.3 is 5.97 Å². The van der Waals surface area contributed by atoms with Gasteiger partial charge in [0.1, 0.15) is 18.1 Å². The summed E-state index contributed by atoms with van der Waals surface area (Å²) >= 11 is 3.88. The lowest BCUT2D eigenvalue weighted by Gasteiger charge is -2.22. The second-order valence-corrected chi connectivity index (χ2v) is 5.79. The Morgan fingerprint density at radius 2 is 1.60 bits per heavy atom. The molecule has 144 valence electrons. The number of nitrogens with one attached hydrogen (secondary N) is 3. The van der Waals surface area contributed by atoms with E-state index in [9.17, 15) is 19.2 Å². The molecule has 0 aliphatic heterocycles. The number of amides is 3. The maximum Gasteiger partial charge on any atom is 0.327 e. The first-order valence-corrected chi connectivity index (χ1v) is 8.53. The number of hydrogen-bond donors (Lipinski definition) is 7. The van der Waals surface area contributed by atoms with Crippen LogP contribution in [0.2, 0.25) is 0 Å². The van der Waals surface area contributed by atoms with Crippen molar-refractivity contribution < 1.29 is 24.3 Å². The van der Waals surface area contributed by atoms with E-state index >= 15 is 0 Å². The van der Waals surface area contributed by atoms with Gasteiger partial charge in [0, 0.05) is 5.75 Å². The van der Waals surface area contributed by atoms with Crippen LogP contribution >= 0.6 is 12.6 Å². The van der Waals surface area contributed by atoms with Crippen molar-refractivity contribution in [1.82, 2.24) is 16.0 Å². The molecule has 8 N–H and O–H groups in total. The lowest BCUT2D eigenvalue weighted by Crippen LogP contribution is -2.55. The lowest BCUT2D eigenvalue weighted by molar-refractivity contribution is -0.141. The van der Waals surface area contributed by atoms with Gasteiger partial charge in [0.05, 0.1) is 6.54 Å². The Morgan fingerprint density at radius 1 is 1.00 bits per heavy atom. The van der Waals surface area contributed by atoms with Crippen LogP contribution in [0.4, 0.5) is 0 Å². The highest BCUT2D eigenvalue weighted by Crippen LogP contribution is 2.03. The van der Waals surface area contributed by atoms with Crippen LogP contribution in [-0.4, -0.2) is 65.8 Å². The van der Waals surface area contributed by atoms with Gasteiger partial charge < -0.3 is 32.5 Å². The zero-order valence-corrected chi connectivity index (χ0v) is 15.1. The molecule has 0 aromatic heterocycles. The quantitative estimate of drug-likeness (QED) is 0.146. The van der Waals surface area contributed by atoms with E-state index in [4.69, 9.17) is 16.6 Å². The van der Waals surface area contributed by atoms with Gasteiger partial charge in [0.25, 0.3) is 0 Å². The Morgan fingerprint density at radius 3 is 2.08 bits per heavy atom. The SMILES string of the molecule is CC(NC(=O)CN)C(=O)NC(CCCCN)C(=O)NC(CS)C(=O)O. The highest BCUT2D eigenvalue weighted by molar-refractivity contribution is 7.80. The molecular weight excluding hydrogens is 350 g/mol. The summed E-state index contributed by atoms with van der Waals surface area (Å²) in [4.78, 5) is 46.7. The van der Waals surface area contributed by atoms with Crippen molar-refractivity contribution >= 4 is 36.3 Å². The summed E-state index contributed by atoms with van der Waals surface area (Å²) < 4.78 is 0. The zero-order valence-electron chi connectivity index (χ0n) is 14.2. The first-order valence-electron chi connectivity index (χ1n) is 7.90. The first kappa shape index (κ1) is 23.1. The predicted octanol–water partition coefficient (Wildman–Crippen LogP) is -2.44. The molecule has 0 heterocycles. The van der Waals surface area contributed by atoms with Crippen LogP contribution < -0.4 is 27.4 Å². The number of thiol groups is 1. The minimum absolute atomic E-state index is 0.0898. The summed E-state index contributed by atoms with van der Waals surface area (Å²) in [5.74, 6) is -3.03. The van der Waals surface area contributed by atoms with E-state index in [2.05, 4.69) is 28.6 Å². The topological polar surface area (TPSA) is 177 Å². The third-order valence-electron chi connectivity index (χ3n) is 3.33. The molecule has 10 nitrogen and oxygen atoms in total. The van der Waals surface area contributed by atoms with Gasteiger partial charge in [0.2, 0.25) is 17.7 Å². The monoisotopic (exact) mass is 377 g/mol. The van der Waals surface area contributed by atoms with E-state index in [0.717, 1.165) is 0 Å². The zero-order chi connectivity index (χ0) is 19.4. The number of carboxylic acid groups (broad SMARTS) is 1. The lowest BCUT2D eigenvalue weighted by atomic mass is 10.1. The van der Waals surface area contributed by atoms with Crippen molar-refractivity contribution in [3.05, 3.63) is 0 Å². The molecule has 11 heteroatoms. The number of rotatable bonds is 12. The van der Waals surface area contributed by atoms with Crippen LogP contribution in [0, 0.1) is 0 Å². The molecule has 0 rings (SSSR count). The standard InChI is InChI=1S/C14H27N5O5S/c1-8(17-11(20)6-16)12(21)18-9(4-2-3-5-15)13(22)19-10(7-25)14(23)24/h8-10,25H,2-7,15-16H2,1H3,(H,17,20)(H,18,21)(H,19,22)(H,23,24). The molecule has 0 aliphatic carbocycles. The molecule has 25 heavy (non-hydrogen) atoms. The number of nitrogens with two attached hydrogens (primary N) is 2. The fraction of sp³-hybridized carbons (Fsp3) is 0.714. The van der Waals surface area contributed by atoms with Crippen molar-refractivity contribution in [1.29, 1.82) is 0 Å². The first-order chi connectivity index (χ1) is 11.8. The van der Waals surface area contributed by atoms with Crippen LogP contribution in [-0.2, 0) is 19.2 Å². The number of carbonyl (C=O) groups is 4. The molecule has 0 aliphatic rings. The second kappa shape index (κ2) is 12.5. The van der Waals surface area contributed by atoms with E-state index in [0.29, 0.717) is 19.4 Å². The number of hydrogen-bond acceptors (Lipinski definition) is 7. The van der Waals surface area contributed by atoms with Crippen molar-refractivity contribution in [2.24, 2.45) is 11.5 Å². The number of aliphatic carboxylic acids is 1. The Kier molecular flexibility index (Phi) is 11.6. The van der Waals surface area contributed by atoms with Gasteiger partial charge in [-0.1, -0.05) is 0 Å². The summed E-state index contributed by atoms with van der Waals surface area (Å²) in [6, 6.07) is -3.00. The largest absolute Gasteiger partial charge is 0.480 e. The van der Waals surface area contributed by atoms with Crippen LogP contribution in [0.1, 0.15) is 26.2 Å². The fourth-order valence-corrected chi connectivity index (χ4v) is 2.13. The van der Waals surface area contributed by atoms with E-state index in [1.54, 1.807) is 0 Å². The maximum absolute atomic E-state index is 12.3. The van der Waals surface area contributed by atoms with E-state index in [1.165, 1.54) is 6.92 Å². The van der Waals surface area contributed by atoms with Crippen LogP contribution in [0.5, 0.6) is 0 Å². The van der Waals surface area contributed by atoms with Gasteiger partial charge in [0.15, 0.2) is 0 Å². The van der Waals surface area contributed by atoms with Gasteiger partial charge in [-0.05, 0) is 32.7 Å². The smallest absolute Gasteiger partial charge is 0.327 e. The van der Waals surface area contributed by atoms with Crippen molar-refractivity contribution in [3.63, 3.8) is 0 Å². The Labute approximate surface area is 151 Å². The van der Waals surface area contributed by atoms with E-state index < -0.39 is 41.8 Å². The second-order valence-electron chi connectivity index (χ2n) is 5.42. The van der Waals surface area contributed by atoms with Crippen LogP contribution in [0.15, 0.2) is 0 Å². The number of unbranched alkanes of at least 4 members (excludes halogenated alkanes) is 1. The summed E-state index contributed by atoms with van der Waals surface area (Å²) in [7, 11) is 0. The third kappa shape index (κ3) is 9.27. The highest BCUT2D eigenvalue weighted by atomic mass is 32.1. The minimum Gasteiger partial charge on any atom is -0.480 e.